The molecule has 0 N–H and O–H groups in total. The minimum atomic E-state index is -4.43. The Morgan fingerprint density at radius 1 is 1.07 bits per heavy atom. The van der Waals surface area contributed by atoms with Gasteiger partial charge in [0, 0.05) is 0 Å². The Hall–Kier alpha value is -1.06. The third-order valence-corrected chi connectivity index (χ3v) is 2.49. The van der Waals surface area contributed by atoms with Gasteiger partial charge in [0.2, 0.25) is 0 Å². The van der Waals surface area contributed by atoms with Gasteiger partial charge >= 0.3 is 6.18 Å². The molecule has 0 bridgehead atoms. The minimum absolute atomic E-state index is 0.277. The van der Waals surface area contributed by atoms with Crippen LogP contribution in [0.25, 0.3) is 0 Å². The minimum Gasteiger partial charge on any atom is -0.207 e. The van der Waals surface area contributed by atoms with Gasteiger partial charge in [0.1, 0.15) is 5.82 Å². The van der Waals surface area contributed by atoms with E-state index in [-0.39, 0.29) is 5.56 Å². The van der Waals surface area contributed by atoms with Crippen LogP contribution in [0.15, 0.2) is 12.1 Å². The van der Waals surface area contributed by atoms with Crippen molar-refractivity contribution in [2.24, 2.45) is 0 Å². The zero-order valence-corrected chi connectivity index (χ0v) is 7.29. The summed E-state index contributed by atoms with van der Waals surface area (Å²) in [7, 11) is 0. The van der Waals surface area contributed by atoms with Crippen LogP contribution >= 0.6 is 0 Å². The van der Waals surface area contributed by atoms with E-state index in [1.54, 1.807) is 0 Å². The molecule has 4 heteroatoms. The van der Waals surface area contributed by atoms with Crippen LogP contribution in [-0.4, -0.2) is 0 Å². The SMILES string of the molecule is Fc1cc2c(c(C(F)(F)F)c1)CCC2. The van der Waals surface area contributed by atoms with Crippen molar-refractivity contribution in [1.82, 2.24) is 0 Å². The Kier molecular flexibility index (Phi) is 2.01. The van der Waals surface area contributed by atoms with Crippen LogP contribution in [0.4, 0.5) is 17.6 Å². The zero-order valence-electron chi connectivity index (χ0n) is 7.29. The number of hydrogen-bond donors (Lipinski definition) is 0. The number of aryl methyl sites for hydroxylation is 1. The van der Waals surface area contributed by atoms with Crippen molar-refractivity contribution in [1.29, 1.82) is 0 Å². The molecule has 0 spiro atoms. The monoisotopic (exact) mass is 204 g/mol. The van der Waals surface area contributed by atoms with Crippen molar-refractivity contribution >= 4 is 0 Å². The first kappa shape index (κ1) is 9.49. The lowest BCUT2D eigenvalue weighted by atomic mass is 10.0. The van der Waals surface area contributed by atoms with Gasteiger partial charge in [-0.2, -0.15) is 13.2 Å². The topological polar surface area (TPSA) is 0 Å². The highest BCUT2D eigenvalue weighted by molar-refractivity contribution is 5.40. The lowest BCUT2D eigenvalue weighted by Crippen LogP contribution is -2.09. The molecule has 2 rings (SSSR count). The zero-order chi connectivity index (χ0) is 10.3. The van der Waals surface area contributed by atoms with Crippen LogP contribution in [0, 0.1) is 5.82 Å². The average Bonchev–Trinajstić information content (AvgIpc) is 2.47. The van der Waals surface area contributed by atoms with E-state index < -0.39 is 17.6 Å². The van der Waals surface area contributed by atoms with Crippen molar-refractivity contribution in [2.75, 3.05) is 0 Å². The summed E-state index contributed by atoms with van der Waals surface area (Å²) in [6.07, 6.45) is -2.79. The summed E-state index contributed by atoms with van der Waals surface area (Å²) in [6, 6.07) is 1.79. The summed E-state index contributed by atoms with van der Waals surface area (Å²) in [5.41, 5.74) is -0.0128. The second-order valence-electron chi connectivity index (χ2n) is 3.44. The fourth-order valence-electron chi connectivity index (χ4n) is 1.92. The Morgan fingerprint density at radius 2 is 1.79 bits per heavy atom. The normalized spacial score (nSPS) is 15.7. The molecule has 0 aromatic heterocycles. The molecule has 0 heterocycles. The number of rotatable bonds is 0. The molecular formula is C10H8F4. The maximum atomic E-state index is 12.9. The molecule has 0 unspecified atom stereocenters. The second-order valence-corrected chi connectivity index (χ2v) is 3.44. The highest BCUT2D eigenvalue weighted by atomic mass is 19.4. The van der Waals surface area contributed by atoms with Crippen molar-refractivity contribution in [3.05, 3.63) is 34.6 Å². The molecule has 0 fully saturated rings. The van der Waals surface area contributed by atoms with Crippen LogP contribution in [0.5, 0.6) is 0 Å². The number of alkyl halides is 3. The number of halogens is 4. The largest absolute Gasteiger partial charge is 0.416 e. The number of hydrogen-bond acceptors (Lipinski definition) is 0. The van der Waals surface area contributed by atoms with Crippen molar-refractivity contribution in [3.63, 3.8) is 0 Å². The summed E-state index contributed by atoms with van der Waals surface area (Å²) >= 11 is 0. The highest BCUT2D eigenvalue weighted by Gasteiger charge is 2.35. The Labute approximate surface area is 78.5 Å². The van der Waals surface area contributed by atoms with E-state index in [0.717, 1.165) is 0 Å². The fourth-order valence-corrected chi connectivity index (χ4v) is 1.92. The van der Waals surface area contributed by atoms with E-state index >= 15 is 0 Å². The van der Waals surface area contributed by atoms with Crippen LogP contribution in [0.1, 0.15) is 23.1 Å². The molecule has 1 aromatic rings. The molecule has 1 aliphatic rings. The third kappa shape index (κ3) is 1.49. The van der Waals surface area contributed by atoms with Gasteiger partial charge in [0.25, 0.3) is 0 Å². The molecule has 0 radical (unpaired) electrons. The lowest BCUT2D eigenvalue weighted by Gasteiger charge is -2.11. The van der Waals surface area contributed by atoms with Gasteiger partial charge in [-0.3, -0.25) is 0 Å². The summed E-state index contributed by atoms with van der Waals surface area (Å²) in [6.45, 7) is 0. The van der Waals surface area contributed by atoms with E-state index in [9.17, 15) is 17.6 Å². The summed E-state index contributed by atoms with van der Waals surface area (Å²) in [5.74, 6) is -0.794. The quantitative estimate of drug-likeness (QED) is 0.568. The van der Waals surface area contributed by atoms with E-state index in [1.165, 1.54) is 6.07 Å². The molecule has 1 aromatic carbocycles. The average molecular weight is 204 g/mol. The molecular weight excluding hydrogens is 196 g/mol. The molecule has 14 heavy (non-hydrogen) atoms. The van der Waals surface area contributed by atoms with Gasteiger partial charge in [0.15, 0.2) is 0 Å². The van der Waals surface area contributed by atoms with Gasteiger partial charge in [-0.05, 0) is 42.5 Å². The van der Waals surface area contributed by atoms with E-state index in [2.05, 4.69) is 0 Å². The first-order valence-corrected chi connectivity index (χ1v) is 4.37. The summed E-state index contributed by atoms with van der Waals surface area (Å²) < 4.78 is 50.2. The molecule has 76 valence electrons. The Balaban J connectivity index is 2.60. The Bertz CT molecular complexity index is 365. The highest BCUT2D eigenvalue weighted by Crippen LogP contribution is 2.37. The predicted molar refractivity (Wildman–Crippen MR) is 43.4 cm³/mol. The molecule has 0 amide bonds. The third-order valence-electron chi connectivity index (χ3n) is 2.49. The molecule has 0 saturated heterocycles. The van der Waals surface area contributed by atoms with E-state index in [0.29, 0.717) is 30.9 Å². The number of benzene rings is 1. The summed E-state index contributed by atoms with van der Waals surface area (Å²) in [5, 5.41) is 0. The van der Waals surface area contributed by atoms with Crippen LogP contribution in [-0.2, 0) is 19.0 Å². The predicted octanol–water partition coefficient (Wildman–Crippen LogP) is 3.33. The molecule has 1 aliphatic carbocycles. The lowest BCUT2D eigenvalue weighted by molar-refractivity contribution is -0.138. The first-order chi connectivity index (χ1) is 6.48. The van der Waals surface area contributed by atoms with Gasteiger partial charge in [0.05, 0.1) is 5.56 Å². The molecule has 0 saturated carbocycles. The molecule has 0 nitrogen and oxygen atoms in total. The molecule has 0 aliphatic heterocycles. The Morgan fingerprint density at radius 3 is 2.43 bits per heavy atom. The second kappa shape index (κ2) is 2.97. The van der Waals surface area contributed by atoms with Gasteiger partial charge in [-0.15, -0.1) is 0 Å². The standard InChI is InChI=1S/C10H8F4/c11-7-4-6-2-1-3-8(6)9(5-7)10(12,13)14/h4-5H,1-3H2. The molecule has 0 atom stereocenters. The van der Waals surface area contributed by atoms with Gasteiger partial charge in [-0.25, -0.2) is 4.39 Å². The van der Waals surface area contributed by atoms with Gasteiger partial charge in [-0.1, -0.05) is 0 Å². The van der Waals surface area contributed by atoms with Gasteiger partial charge < -0.3 is 0 Å². The van der Waals surface area contributed by atoms with E-state index in [1.807, 2.05) is 0 Å². The van der Waals surface area contributed by atoms with Crippen LogP contribution in [0.2, 0.25) is 0 Å². The van der Waals surface area contributed by atoms with Crippen molar-refractivity contribution < 1.29 is 17.6 Å². The smallest absolute Gasteiger partial charge is 0.207 e. The van der Waals surface area contributed by atoms with Crippen LogP contribution in [0.3, 0.4) is 0 Å². The van der Waals surface area contributed by atoms with Crippen LogP contribution < -0.4 is 0 Å². The maximum absolute atomic E-state index is 12.9. The maximum Gasteiger partial charge on any atom is 0.416 e. The fraction of sp³-hybridized carbons (Fsp3) is 0.400. The first-order valence-electron chi connectivity index (χ1n) is 4.37. The number of fused-ring (bicyclic) bond motifs is 1. The summed E-state index contributed by atoms with van der Waals surface area (Å²) in [4.78, 5) is 0. The van der Waals surface area contributed by atoms with Crippen molar-refractivity contribution in [3.8, 4) is 0 Å². The van der Waals surface area contributed by atoms with Crippen molar-refractivity contribution in [2.45, 2.75) is 25.4 Å². The van der Waals surface area contributed by atoms with E-state index in [4.69, 9.17) is 0 Å².